The van der Waals surface area contributed by atoms with E-state index in [1.165, 1.54) is 0 Å². The van der Waals surface area contributed by atoms with Gasteiger partial charge in [-0.25, -0.2) is 19.2 Å². The van der Waals surface area contributed by atoms with Gasteiger partial charge in [0.15, 0.2) is 5.65 Å². The third-order valence-corrected chi connectivity index (χ3v) is 5.60. The number of rotatable bonds is 2. The number of aryl methyl sites for hydroxylation is 2. The molecule has 0 bridgehead atoms. The van der Waals surface area contributed by atoms with Crippen LogP contribution in [0.1, 0.15) is 37.1 Å². The van der Waals surface area contributed by atoms with E-state index in [-0.39, 0.29) is 11.6 Å². The average molecular weight is 389 g/mol. The van der Waals surface area contributed by atoms with Crippen molar-refractivity contribution in [2.45, 2.75) is 45.7 Å². The van der Waals surface area contributed by atoms with Crippen molar-refractivity contribution in [3.8, 4) is 11.4 Å². The first kappa shape index (κ1) is 17.9. The van der Waals surface area contributed by atoms with Gasteiger partial charge in [0.05, 0.1) is 40.7 Å². The summed E-state index contributed by atoms with van der Waals surface area (Å²) < 4.78 is 3.41. The molecule has 1 saturated heterocycles. The van der Waals surface area contributed by atoms with Crippen LogP contribution in [0, 0.1) is 13.8 Å². The summed E-state index contributed by atoms with van der Waals surface area (Å²) in [5, 5.41) is 13.1. The number of piperidine rings is 1. The molecule has 1 N–H and O–H groups in total. The van der Waals surface area contributed by atoms with Gasteiger partial charge >= 0.3 is 0 Å². The Morgan fingerprint density at radius 1 is 1.17 bits per heavy atom. The number of hydrogen-bond donors (Lipinski definition) is 1. The van der Waals surface area contributed by atoms with Crippen molar-refractivity contribution in [1.82, 2.24) is 34.7 Å². The molecule has 0 unspecified atom stereocenters. The molecule has 8 heteroatoms. The van der Waals surface area contributed by atoms with E-state index in [0.29, 0.717) is 22.6 Å². The molecule has 0 spiro atoms. The summed E-state index contributed by atoms with van der Waals surface area (Å²) in [5.41, 5.74) is 4.75. The van der Waals surface area contributed by atoms with Crippen LogP contribution in [0.2, 0.25) is 0 Å². The highest BCUT2D eigenvalue weighted by atomic mass is 16.1. The van der Waals surface area contributed by atoms with Crippen molar-refractivity contribution in [3.63, 3.8) is 0 Å². The number of fused-ring (bicyclic) bond motifs is 2. The van der Waals surface area contributed by atoms with Crippen molar-refractivity contribution >= 4 is 16.6 Å². The Kier molecular flexibility index (Phi) is 4.16. The van der Waals surface area contributed by atoms with Gasteiger partial charge in [-0.3, -0.25) is 4.79 Å². The van der Waals surface area contributed by atoms with Crippen molar-refractivity contribution in [1.29, 1.82) is 0 Å². The van der Waals surface area contributed by atoms with Crippen LogP contribution >= 0.6 is 0 Å². The van der Waals surface area contributed by atoms with Crippen molar-refractivity contribution in [2.75, 3.05) is 6.54 Å². The van der Waals surface area contributed by atoms with Gasteiger partial charge in [0.25, 0.3) is 5.56 Å². The molecule has 0 amide bonds. The van der Waals surface area contributed by atoms with E-state index < -0.39 is 0 Å². The standard InChI is InChI=1S/C21H23N7O/c1-12-8-18(26-27-11-14(3)24-20(12)27)17-5-4-16-19(25-17)10-23-28(21(16)29)15-6-7-22-13(2)9-15/h4-5,8,10-11,13,15,22H,6-7,9H2,1-3H3/t13-,15+/m0/s1. The lowest BCUT2D eigenvalue weighted by molar-refractivity contribution is 0.288. The zero-order chi connectivity index (χ0) is 20.1. The van der Waals surface area contributed by atoms with E-state index in [2.05, 4.69) is 32.4 Å². The number of hydrogen-bond acceptors (Lipinski definition) is 6. The van der Waals surface area contributed by atoms with Gasteiger partial charge in [-0.2, -0.15) is 10.2 Å². The fourth-order valence-electron chi connectivity index (χ4n) is 4.15. The largest absolute Gasteiger partial charge is 0.314 e. The van der Waals surface area contributed by atoms with Crippen LogP contribution in [-0.4, -0.2) is 41.9 Å². The molecular formula is C21H23N7O. The molecule has 8 nitrogen and oxygen atoms in total. The summed E-state index contributed by atoms with van der Waals surface area (Å²) in [6, 6.07) is 6.18. The number of nitrogens with one attached hydrogen (secondary N) is 1. The second-order valence-electron chi connectivity index (χ2n) is 7.92. The highest BCUT2D eigenvalue weighted by Crippen LogP contribution is 2.22. The lowest BCUT2D eigenvalue weighted by Gasteiger charge is -2.28. The topological polar surface area (TPSA) is 90.0 Å². The van der Waals surface area contributed by atoms with Crippen LogP contribution in [0.25, 0.3) is 27.9 Å². The minimum Gasteiger partial charge on any atom is -0.314 e. The minimum atomic E-state index is -0.0783. The third kappa shape index (κ3) is 3.09. The molecule has 0 radical (unpaired) electrons. The molecule has 5 heterocycles. The molecule has 1 aliphatic rings. The normalized spacial score (nSPS) is 19.8. The maximum Gasteiger partial charge on any atom is 0.276 e. The monoisotopic (exact) mass is 389 g/mol. The SMILES string of the molecule is Cc1cn2nc(-c3ccc4c(=O)n([C@@H]5CCN[C@@H](C)C5)ncc4n3)cc(C)c2n1. The molecule has 29 heavy (non-hydrogen) atoms. The Bertz CT molecular complexity index is 1290. The second-order valence-corrected chi connectivity index (χ2v) is 7.92. The van der Waals surface area contributed by atoms with Crippen LogP contribution in [0.4, 0.5) is 0 Å². The maximum atomic E-state index is 13.0. The summed E-state index contributed by atoms with van der Waals surface area (Å²) in [5.74, 6) is 0. The van der Waals surface area contributed by atoms with Gasteiger partial charge in [-0.15, -0.1) is 0 Å². The third-order valence-electron chi connectivity index (χ3n) is 5.60. The van der Waals surface area contributed by atoms with E-state index in [1.54, 1.807) is 15.4 Å². The Morgan fingerprint density at radius 2 is 2.03 bits per heavy atom. The van der Waals surface area contributed by atoms with Crippen LogP contribution in [0.5, 0.6) is 0 Å². The summed E-state index contributed by atoms with van der Waals surface area (Å²) in [4.78, 5) is 22.2. The Hall–Kier alpha value is -3.13. The van der Waals surface area contributed by atoms with Crippen LogP contribution in [-0.2, 0) is 0 Å². The first-order valence-corrected chi connectivity index (χ1v) is 9.95. The predicted octanol–water partition coefficient (Wildman–Crippen LogP) is 2.43. The van der Waals surface area contributed by atoms with Crippen molar-refractivity contribution in [2.24, 2.45) is 0 Å². The smallest absolute Gasteiger partial charge is 0.276 e. The van der Waals surface area contributed by atoms with Gasteiger partial charge in [0.2, 0.25) is 0 Å². The molecule has 5 rings (SSSR count). The van der Waals surface area contributed by atoms with Gasteiger partial charge < -0.3 is 5.32 Å². The lowest BCUT2D eigenvalue weighted by atomic mass is 10.0. The molecule has 0 aliphatic carbocycles. The second kappa shape index (κ2) is 6.73. The fourth-order valence-corrected chi connectivity index (χ4v) is 4.15. The summed E-state index contributed by atoms with van der Waals surface area (Å²) >= 11 is 0. The predicted molar refractivity (Wildman–Crippen MR) is 111 cm³/mol. The van der Waals surface area contributed by atoms with Crippen LogP contribution in [0.3, 0.4) is 0 Å². The van der Waals surface area contributed by atoms with Crippen molar-refractivity contribution in [3.05, 3.63) is 52.2 Å². The first-order valence-electron chi connectivity index (χ1n) is 9.95. The van der Waals surface area contributed by atoms with Crippen molar-refractivity contribution < 1.29 is 0 Å². The number of nitrogens with zero attached hydrogens (tertiary/aromatic N) is 6. The maximum absolute atomic E-state index is 13.0. The molecule has 4 aromatic heterocycles. The molecule has 1 aliphatic heterocycles. The number of pyridine rings is 1. The van der Waals surface area contributed by atoms with E-state index in [4.69, 9.17) is 0 Å². The van der Waals surface area contributed by atoms with Gasteiger partial charge in [0.1, 0.15) is 5.69 Å². The summed E-state index contributed by atoms with van der Waals surface area (Å²) in [6.07, 6.45) is 5.39. The molecular weight excluding hydrogens is 366 g/mol. The molecule has 0 saturated carbocycles. The average Bonchev–Trinajstić information content (AvgIpc) is 3.09. The Balaban J connectivity index is 1.58. The molecule has 4 aromatic rings. The molecule has 2 atom stereocenters. The zero-order valence-electron chi connectivity index (χ0n) is 16.8. The summed E-state index contributed by atoms with van der Waals surface area (Å²) in [7, 11) is 0. The van der Waals surface area contributed by atoms with Crippen LogP contribution in [0.15, 0.2) is 35.4 Å². The lowest BCUT2D eigenvalue weighted by Crippen LogP contribution is -2.40. The first-order chi connectivity index (χ1) is 14.0. The quantitative estimate of drug-likeness (QED) is 0.566. The number of aromatic nitrogens is 6. The molecule has 1 fully saturated rings. The Morgan fingerprint density at radius 3 is 2.86 bits per heavy atom. The van der Waals surface area contributed by atoms with E-state index in [0.717, 1.165) is 42.0 Å². The van der Waals surface area contributed by atoms with E-state index in [1.807, 2.05) is 38.2 Å². The highest BCUT2D eigenvalue weighted by Gasteiger charge is 2.22. The van der Waals surface area contributed by atoms with Gasteiger partial charge in [0, 0.05) is 6.04 Å². The van der Waals surface area contributed by atoms with Gasteiger partial charge in [-0.05, 0) is 63.9 Å². The Labute approximate surface area is 167 Å². The molecule has 148 valence electrons. The minimum absolute atomic E-state index is 0.0783. The van der Waals surface area contributed by atoms with E-state index >= 15 is 0 Å². The summed E-state index contributed by atoms with van der Waals surface area (Å²) in [6.45, 7) is 6.99. The zero-order valence-corrected chi connectivity index (χ0v) is 16.8. The van der Waals surface area contributed by atoms with E-state index in [9.17, 15) is 4.79 Å². The fraction of sp³-hybridized carbons (Fsp3) is 0.381. The number of imidazole rings is 1. The molecule has 0 aromatic carbocycles. The van der Waals surface area contributed by atoms with Crippen LogP contribution < -0.4 is 10.9 Å². The van der Waals surface area contributed by atoms with Gasteiger partial charge in [-0.1, -0.05) is 0 Å². The highest BCUT2D eigenvalue weighted by molar-refractivity contribution is 5.79.